The van der Waals surface area contributed by atoms with Crippen molar-refractivity contribution in [1.29, 1.82) is 0 Å². The molecule has 144 valence electrons. The smallest absolute Gasteiger partial charge is 0.252 e. The highest BCUT2D eigenvalue weighted by Gasteiger charge is 2.22. The van der Waals surface area contributed by atoms with Crippen molar-refractivity contribution in [2.24, 2.45) is 0 Å². The first kappa shape index (κ1) is 19.9. The first-order valence-electron chi connectivity index (χ1n) is 8.45. The molecule has 0 aliphatic carbocycles. The molecule has 0 bridgehead atoms. The quantitative estimate of drug-likeness (QED) is 0.557. The predicted octanol–water partition coefficient (Wildman–Crippen LogP) is 3.26. The number of aromatic nitrogens is 2. The summed E-state index contributed by atoms with van der Waals surface area (Å²) < 4.78 is 31.1. The van der Waals surface area contributed by atoms with E-state index in [2.05, 4.69) is 40.5 Å². The highest BCUT2D eigenvalue weighted by molar-refractivity contribution is 7.91. The number of aryl methyl sites for hydroxylation is 1. The van der Waals surface area contributed by atoms with Crippen molar-refractivity contribution in [1.82, 2.24) is 13.7 Å². The number of hydrogen-bond acceptors (Lipinski definition) is 7. The topological polar surface area (TPSA) is 66.4 Å². The van der Waals surface area contributed by atoms with Gasteiger partial charge in [0, 0.05) is 45.1 Å². The average Bonchev–Trinajstić information content (AvgIpc) is 3.33. The lowest BCUT2D eigenvalue weighted by Gasteiger charge is -2.20. The van der Waals surface area contributed by atoms with Crippen LogP contribution in [-0.2, 0) is 16.4 Å². The Balaban J connectivity index is 1.58. The van der Waals surface area contributed by atoms with Crippen LogP contribution >= 0.6 is 22.9 Å². The lowest BCUT2D eigenvalue weighted by atomic mass is 10.1. The van der Waals surface area contributed by atoms with Crippen molar-refractivity contribution in [3.8, 4) is 0 Å². The van der Waals surface area contributed by atoms with Crippen molar-refractivity contribution in [2.45, 2.75) is 17.6 Å². The van der Waals surface area contributed by atoms with E-state index < -0.39 is 10.0 Å². The van der Waals surface area contributed by atoms with Gasteiger partial charge in [-0.05, 0) is 23.9 Å². The van der Waals surface area contributed by atoms with E-state index in [4.69, 9.17) is 0 Å². The van der Waals surface area contributed by atoms with Crippen LogP contribution in [0.1, 0.15) is 17.0 Å². The Morgan fingerprint density at radius 3 is 2.48 bits per heavy atom. The molecule has 0 amide bonds. The molecule has 2 aromatic heterocycles. The lowest BCUT2D eigenvalue weighted by Crippen LogP contribution is -2.34. The fourth-order valence-corrected chi connectivity index (χ4v) is 5.46. The standard InChI is InChI=1S/C18H22N4O2S3/c1-14-6-8-15(9-7-14)13-16-19-18(26-20-16)21(2)10-11-22(3)27(23,24)17-5-4-12-25-17/h4-9,12H,10-11,13H2,1-3H3. The maximum absolute atomic E-state index is 12.5. The number of sulfonamides is 1. The molecule has 6 nitrogen and oxygen atoms in total. The predicted molar refractivity (Wildman–Crippen MR) is 111 cm³/mol. The van der Waals surface area contributed by atoms with Crippen molar-refractivity contribution in [2.75, 3.05) is 32.1 Å². The second-order valence-electron chi connectivity index (χ2n) is 6.34. The minimum Gasteiger partial charge on any atom is -0.349 e. The maximum atomic E-state index is 12.5. The first-order chi connectivity index (χ1) is 12.9. The highest BCUT2D eigenvalue weighted by Crippen LogP contribution is 2.21. The molecule has 0 atom stereocenters. The van der Waals surface area contributed by atoms with Gasteiger partial charge in [-0.2, -0.15) is 8.68 Å². The van der Waals surface area contributed by atoms with E-state index in [1.54, 1.807) is 24.6 Å². The Labute approximate surface area is 168 Å². The van der Waals surface area contributed by atoms with Crippen LogP contribution in [0.4, 0.5) is 5.13 Å². The number of likely N-dealkylation sites (N-methyl/N-ethyl adjacent to an activating group) is 2. The molecule has 0 fully saturated rings. The summed E-state index contributed by atoms with van der Waals surface area (Å²) in [5, 5.41) is 2.56. The largest absolute Gasteiger partial charge is 0.349 e. The number of nitrogens with zero attached hydrogens (tertiary/aromatic N) is 4. The SMILES string of the molecule is Cc1ccc(Cc2nsc(N(C)CCN(C)S(=O)(=O)c3cccs3)n2)cc1. The Morgan fingerprint density at radius 1 is 1.07 bits per heavy atom. The molecule has 0 saturated heterocycles. The van der Waals surface area contributed by atoms with Crippen LogP contribution in [0.25, 0.3) is 0 Å². The fourth-order valence-electron chi connectivity index (χ4n) is 2.43. The highest BCUT2D eigenvalue weighted by atomic mass is 32.2. The third-order valence-electron chi connectivity index (χ3n) is 4.18. The zero-order chi connectivity index (χ0) is 19.4. The molecule has 0 saturated carbocycles. The van der Waals surface area contributed by atoms with Crippen LogP contribution in [0.2, 0.25) is 0 Å². The van der Waals surface area contributed by atoms with Gasteiger partial charge in [-0.15, -0.1) is 11.3 Å². The van der Waals surface area contributed by atoms with Gasteiger partial charge in [0.1, 0.15) is 10.0 Å². The molecule has 3 aromatic rings. The van der Waals surface area contributed by atoms with Crippen molar-refractivity contribution >= 4 is 38.0 Å². The molecule has 0 aliphatic rings. The lowest BCUT2D eigenvalue weighted by molar-refractivity contribution is 0.475. The molecule has 2 heterocycles. The number of benzene rings is 1. The van der Waals surface area contributed by atoms with Gasteiger partial charge in [0.2, 0.25) is 5.13 Å². The van der Waals surface area contributed by atoms with E-state index in [1.165, 1.54) is 38.3 Å². The van der Waals surface area contributed by atoms with Crippen molar-refractivity contribution in [3.63, 3.8) is 0 Å². The van der Waals surface area contributed by atoms with Gasteiger partial charge < -0.3 is 4.90 Å². The molecule has 0 unspecified atom stereocenters. The summed E-state index contributed by atoms with van der Waals surface area (Å²) in [6, 6.07) is 11.7. The minimum atomic E-state index is -3.42. The van der Waals surface area contributed by atoms with E-state index in [9.17, 15) is 8.42 Å². The Kier molecular flexibility index (Phi) is 6.25. The Morgan fingerprint density at radius 2 is 1.81 bits per heavy atom. The van der Waals surface area contributed by atoms with Gasteiger partial charge in [0.25, 0.3) is 10.0 Å². The molecule has 1 aromatic carbocycles. The molecule has 0 spiro atoms. The van der Waals surface area contributed by atoms with Crippen LogP contribution in [0.5, 0.6) is 0 Å². The summed E-state index contributed by atoms with van der Waals surface area (Å²) in [6.45, 7) is 2.98. The van der Waals surface area contributed by atoms with E-state index in [0.717, 1.165) is 11.0 Å². The summed E-state index contributed by atoms with van der Waals surface area (Å²) >= 11 is 2.57. The molecular weight excluding hydrogens is 400 g/mol. The third-order valence-corrected chi connectivity index (χ3v) is 8.27. The van der Waals surface area contributed by atoms with Crippen LogP contribution in [-0.4, -0.2) is 49.3 Å². The molecule has 9 heteroatoms. The number of hydrogen-bond donors (Lipinski definition) is 0. The molecule has 0 aliphatic heterocycles. The van der Waals surface area contributed by atoms with Gasteiger partial charge >= 0.3 is 0 Å². The summed E-state index contributed by atoms with van der Waals surface area (Å²) in [7, 11) is 0.0875. The average molecular weight is 423 g/mol. The summed E-state index contributed by atoms with van der Waals surface area (Å²) in [6.07, 6.45) is 0.692. The molecular formula is C18H22N4O2S3. The van der Waals surface area contributed by atoms with Gasteiger partial charge in [-0.25, -0.2) is 13.4 Å². The van der Waals surface area contributed by atoms with Gasteiger partial charge in [0.05, 0.1) is 0 Å². The second kappa shape index (κ2) is 8.47. The summed E-state index contributed by atoms with van der Waals surface area (Å²) in [5.74, 6) is 0.783. The van der Waals surface area contributed by atoms with Crippen LogP contribution in [0.3, 0.4) is 0 Å². The summed E-state index contributed by atoms with van der Waals surface area (Å²) in [5.41, 5.74) is 2.40. The Bertz CT molecular complexity index is 966. The van der Waals surface area contributed by atoms with Crippen LogP contribution < -0.4 is 4.90 Å². The molecule has 0 N–H and O–H groups in total. The second-order valence-corrected chi connectivity index (χ2v) is 10.3. The molecule has 27 heavy (non-hydrogen) atoms. The summed E-state index contributed by atoms with van der Waals surface area (Å²) in [4.78, 5) is 6.53. The van der Waals surface area contributed by atoms with E-state index in [-0.39, 0.29) is 0 Å². The number of thiophene rings is 1. The molecule has 3 rings (SSSR count). The number of rotatable bonds is 8. The zero-order valence-corrected chi connectivity index (χ0v) is 17.9. The number of anilines is 1. The van der Waals surface area contributed by atoms with E-state index >= 15 is 0 Å². The van der Waals surface area contributed by atoms with Gasteiger partial charge in [0.15, 0.2) is 0 Å². The first-order valence-corrected chi connectivity index (χ1v) is 11.5. The third kappa shape index (κ3) is 4.92. The van der Waals surface area contributed by atoms with E-state index in [1.807, 2.05) is 11.9 Å². The molecule has 0 radical (unpaired) electrons. The van der Waals surface area contributed by atoms with E-state index in [0.29, 0.717) is 23.7 Å². The van der Waals surface area contributed by atoms with Crippen LogP contribution in [0, 0.1) is 6.92 Å². The van der Waals surface area contributed by atoms with Crippen molar-refractivity contribution < 1.29 is 8.42 Å². The Hall–Kier alpha value is -1.81. The monoisotopic (exact) mass is 422 g/mol. The zero-order valence-electron chi connectivity index (χ0n) is 15.5. The fraction of sp³-hybridized carbons (Fsp3) is 0.333. The normalized spacial score (nSPS) is 11.9. The van der Waals surface area contributed by atoms with Gasteiger partial charge in [-0.3, -0.25) is 0 Å². The van der Waals surface area contributed by atoms with Gasteiger partial charge in [-0.1, -0.05) is 35.9 Å². The van der Waals surface area contributed by atoms with Crippen LogP contribution in [0.15, 0.2) is 46.0 Å². The maximum Gasteiger partial charge on any atom is 0.252 e. The van der Waals surface area contributed by atoms with Crippen molar-refractivity contribution in [3.05, 3.63) is 58.7 Å². The minimum absolute atomic E-state index is 0.365.